The number of rotatable bonds is 54. The van der Waals surface area contributed by atoms with Gasteiger partial charge in [0, 0.05) is 6.42 Å². The first-order valence-corrected chi connectivity index (χ1v) is 35.4. The van der Waals surface area contributed by atoms with E-state index in [2.05, 4.69) is 67.8 Å². The molecule has 89 heavy (non-hydrogen) atoms. The van der Waals surface area contributed by atoms with Crippen LogP contribution in [-0.2, 0) is 33.2 Å². The van der Waals surface area contributed by atoms with Gasteiger partial charge in [-0.15, -0.1) is 0 Å². The molecule has 3 saturated heterocycles. The smallest absolute Gasteiger partial charge is 0.220 e. The molecule has 0 aliphatic carbocycles. The zero-order valence-corrected chi connectivity index (χ0v) is 54.9. The number of aliphatic hydroxyl groups is 11. The van der Waals surface area contributed by atoms with Gasteiger partial charge in [0.1, 0.15) is 73.2 Å². The van der Waals surface area contributed by atoms with E-state index in [1.165, 1.54) is 141 Å². The Balaban J connectivity index is 1.25. The first-order chi connectivity index (χ1) is 43.3. The Morgan fingerprint density at radius 3 is 1.21 bits per heavy atom. The van der Waals surface area contributed by atoms with Crippen LogP contribution in [0.4, 0.5) is 0 Å². The van der Waals surface area contributed by atoms with Crippen molar-refractivity contribution >= 4 is 5.91 Å². The molecule has 0 bridgehead atoms. The number of amides is 1. The van der Waals surface area contributed by atoms with Gasteiger partial charge in [0.25, 0.3) is 0 Å². The third kappa shape index (κ3) is 34.1. The summed E-state index contributed by atoms with van der Waals surface area (Å²) in [5, 5.41) is 120. The predicted molar refractivity (Wildman–Crippen MR) is 346 cm³/mol. The minimum absolute atomic E-state index is 0.244. The van der Waals surface area contributed by atoms with Gasteiger partial charge in [0.15, 0.2) is 18.9 Å². The van der Waals surface area contributed by atoms with Gasteiger partial charge in [-0.2, -0.15) is 0 Å². The minimum Gasteiger partial charge on any atom is -0.394 e. The van der Waals surface area contributed by atoms with Crippen LogP contribution in [0.5, 0.6) is 0 Å². The fourth-order valence-corrected chi connectivity index (χ4v) is 12.0. The number of nitrogens with one attached hydrogen (secondary N) is 1. The van der Waals surface area contributed by atoms with Crippen molar-refractivity contribution in [3.05, 3.63) is 48.6 Å². The fraction of sp³-hybridized carbons (Fsp3) is 0.871. The summed E-state index contributed by atoms with van der Waals surface area (Å²) in [6.45, 7) is 1.63. The summed E-state index contributed by atoms with van der Waals surface area (Å²) in [7, 11) is 0. The van der Waals surface area contributed by atoms with Crippen molar-refractivity contribution in [1.29, 1.82) is 0 Å². The third-order valence-electron chi connectivity index (χ3n) is 17.7. The van der Waals surface area contributed by atoms with Crippen molar-refractivity contribution in [3.8, 4) is 0 Å². The average Bonchev–Trinajstić information content (AvgIpc) is 2.14. The second-order valence-electron chi connectivity index (χ2n) is 25.3. The topological polar surface area (TPSA) is 307 Å². The highest BCUT2D eigenvalue weighted by Gasteiger charge is 2.53. The standard InChI is InChI=1S/C70H127NO18/c1-3-5-7-9-11-12-13-14-15-16-17-18-19-20-21-22-23-24-25-26-27-28-29-30-31-32-33-34-35-36-37-38-39-40-42-44-46-48-58(76)71-53(54(75)47-45-43-41-10-8-6-4-2)52-84-68-64(82)61(79)66(56(50-73)86-68)89-70-65(83)62(80)67(57(51-74)87-70)88-69-63(81)60(78)59(77)55(49-72)85-69/h5,7,11-12,14-15,17-18,53-57,59-70,72-75,77-83H,3-4,6,8-10,13,16,19-52H2,1-2H3,(H,71,76)/b7-5-,12-11-,15-14-,18-17-. The summed E-state index contributed by atoms with van der Waals surface area (Å²) >= 11 is 0. The number of carbonyl (C=O) groups is 1. The zero-order chi connectivity index (χ0) is 64.7. The average molecular weight is 1270 g/mol. The summed E-state index contributed by atoms with van der Waals surface area (Å²) in [5.74, 6) is -0.244. The lowest BCUT2D eigenvalue weighted by Gasteiger charge is -2.48. The van der Waals surface area contributed by atoms with E-state index < -0.39 is 124 Å². The molecule has 1 amide bonds. The fourth-order valence-electron chi connectivity index (χ4n) is 12.0. The molecule has 3 aliphatic heterocycles. The Hall–Kier alpha value is -2.25. The Morgan fingerprint density at radius 2 is 0.775 bits per heavy atom. The highest BCUT2D eigenvalue weighted by atomic mass is 16.8. The molecule has 19 nitrogen and oxygen atoms in total. The maximum absolute atomic E-state index is 13.3. The van der Waals surface area contributed by atoms with E-state index in [4.69, 9.17) is 28.4 Å². The molecule has 17 atom stereocenters. The molecule has 12 N–H and O–H groups in total. The summed E-state index contributed by atoms with van der Waals surface area (Å²) in [4.78, 5) is 13.3. The Morgan fingerprint density at radius 1 is 0.416 bits per heavy atom. The second-order valence-corrected chi connectivity index (χ2v) is 25.3. The largest absolute Gasteiger partial charge is 0.394 e. The minimum atomic E-state index is -1.97. The van der Waals surface area contributed by atoms with Gasteiger partial charge in [0.2, 0.25) is 5.91 Å². The molecule has 3 aliphatic rings. The molecule has 0 saturated carbocycles. The Bertz CT molecular complexity index is 1800. The van der Waals surface area contributed by atoms with Gasteiger partial charge in [0.05, 0.1) is 38.6 Å². The molecule has 3 rings (SSSR count). The molecule has 3 fully saturated rings. The normalized spacial score (nSPS) is 28.5. The summed E-state index contributed by atoms with van der Waals surface area (Å²) < 4.78 is 34.3. The molecule has 0 radical (unpaired) electrons. The SMILES string of the molecule is CC/C=C\C/C=C\C/C=C\C/C=C\CCCCCCCCCCCCCCCCCCCCCCCCCCC(=O)NC(COC1OC(CO)C(OC2OC(CO)C(OC3OC(CO)C(O)C(O)C3O)C(O)C2O)C(O)C1O)C(O)CCCCCCCCC. The maximum Gasteiger partial charge on any atom is 0.220 e. The van der Waals surface area contributed by atoms with Crippen LogP contribution in [0.15, 0.2) is 48.6 Å². The quantitative estimate of drug-likeness (QED) is 0.0199. The number of ether oxygens (including phenoxy) is 6. The van der Waals surface area contributed by atoms with Gasteiger partial charge in [-0.05, 0) is 51.4 Å². The van der Waals surface area contributed by atoms with Gasteiger partial charge < -0.3 is 89.9 Å². The van der Waals surface area contributed by atoms with Crippen LogP contribution in [0.2, 0.25) is 0 Å². The van der Waals surface area contributed by atoms with Crippen molar-refractivity contribution in [2.24, 2.45) is 0 Å². The molecule has 3 heterocycles. The van der Waals surface area contributed by atoms with E-state index in [0.29, 0.717) is 12.8 Å². The van der Waals surface area contributed by atoms with Gasteiger partial charge in [-0.25, -0.2) is 0 Å². The van der Waals surface area contributed by atoms with Crippen molar-refractivity contribution in [3.63, 3.8) is 0 Å². The molecule has 17 unspecified atom stereocenters. The summed E-state index contributed by atoms with van der Waals surface area (Å²) in [5.41, 5.74) is 0. The lowest BCUT2D eigenvalue weighted by Crippen LogP contribution is -2.66. The lowest BCUT2D eigenvalue weighted by molar-refractivity contribution is -0.379. The van der Waals surface area contributed by atoms with Crippen LogP contribution in [0, 0.1) is 0 Å². The Kier molecular flexibility index (Phi) is 47.4. The molecule has 0 aromatic heterocycles. The first kappa shape index (κ1) is 81.0. The summed E-state index contributed by atoms with van der Waals surface area (Å²) in [6.07, 6.45) is 35.6. The third-order valence-corrected chi connectivity index (χ3v) is 17.7. The number of carbonyl (C=O) groups excluding carboxylic acids is 1. The van der Waals surface area contributed by atoms with Crippen LogP contribution < -0.4 is 5.32 Å². The number of unbranched alkanes of at least 4 members (excludes halogenated alkanes) is 30. The van der Waals surface area contributed by atoms with E-state index in [0.717, 1.165) is 83.5 Å². The number of hydrogen-bond acceptors (Lipinski definition) is 18. The number of hydrogen-bond donors (Lipinski definition) is 12. The molecule has 0 spiro atoms. The predicted octanol–water partition coefficient (Wildman–Crippen LogP) is 9.39. The molecule has 19 heteroatoms. The van der Waals surface area contributed by atoms with E-state index >= 15 is 0 Å². The summed E-state index contributed by atoms with van der Waals surface area (Å²) in [6, 6.07) is -0.882. The maximum atomic E-state index is 13.3. The van der Waals surface area contributed by atoms with Crippen molar-refractivity contribution in [2.75, 3.05) is 26.4 Å². The van der Waals surface area contributed by atoms with Crippen molar-refractivity contribution in [1.82, 2.24) is 5.32 Å². The van der Waals surface area contributed by atoms with E-state index in [1.807, 2.05) is 0 Å². The molecule has 0 aromatic rings. The monoisotopic (exact) mass is 1270 g/mol. The van der Waals surface area contributed by atoms with Gasteiger partial charge >= 0.3 is 0 Å². The van der Waals surface area contributed by atoms with Crippen LogP contribution in [0.25, 0.3) is 0 Å². The lowest BCUT2D eigenvalue weighted by atomic mass is 9.96. The highest BCUT2D eigenvalue weighted by Crippen LogP contribution is 2.33. The highest BCUT2D eigenvalue weighted by molar-refractivity contribution is 5.76. The van der Waals surface area contributed by atoms with Crippen molar-refractivity contribution < 1.29 is 89.4 Å². The van der Waals surface area contributed by atoms with Crippen molar-refractivity contribution in [2.45, 2.75) is 362 Å². The van der Waals surface area contributed by atoms with Gasteiger partial charge in [-0.3, -0.25) is 4.79 Å². The number of aliphatic hydroxyl groups excluding tert-OH is 11. The zero-order valence-electron chi connectivity index (χ0n) is 54.9. The van der Waals surface area contributed by atoms with E-state index in [1.54, 1.807) is 0 Å². The van der Waals surface area contributed by atoms with Gasteiger partial charge in [-0.1, -0.05) is 249 Å². The molecular formula is C70H127NO18. The molecule has 520 valence electrons. The van der Waals surface area contributed by atoms with E-state index in [9.17, 15) is 61.0 Å². The molecular weight excluding hydrogens is 1140 g/mol. The van der Waals surface area contributed by atoms with E-state index in [-0.39, 0.29) is 18.9 Å². The van der Waals surface area contributed by atoms with Crippen LogP contribution in [-0.4, -0.2) is 193 Å². The Labute approximate surface area is 535 Å². The number of allylic oxidation sites excluding steroid dienone is 8. The van der Waals surface area contributed by atoms with Crippen LogP contribution in [0.3, 0.4) is 0 Å². The second kappa shape index (κ2) is 52.1. The van der Waals surface area contributed by atoms with Crippen LogP contribution >= 0.6 is 0 Å². The molecule has 0 aromatic carbocycles. The first-order valence-electron chi connectivity index (χ1n) is 35.4. The van der Waals surface area contributed by atoms with Crippen LogP contribution in [0.1, 0.15) is 258 Å².